The summed E-state index contributed by atoms with van der Waals surface area (Å²) >= 11 is 0. The summed E-state index contributed by atoms with van der Waals surface area (Å²) in [4.78, 5) is 22.8. The number of allylic oxidation sites excluding steroid dienone is 2. The zero-order chi connectivity index (χ0) is 22.5. The first-order valence-electron chi connectivity index (χ1n) is 12.5. The molecule has 0 amide bonds. The number of rotatable bonds is 20. The number of esters is 2. The van der Waals surface area contributed by atoms with Gasteiger partial charge in [-0.1, -0.05) is 63.5 Å². The van der Waals surface area contributed by atoms with Crippen molar-refractivity contribution in [2.45, 2.75) is 143 Å². The van der Waals surface area contributed by atoms with Gasteiger partial charge >= 0.3 is 11.9 Å². The highest BCUT2D eigenvalue weighted by molar-refractivity contribution is 5.69. The molecule has 0 heterocycles. The minimum atomic E-state index is -0.0655. The number of carbonyl (C=O) groups is 2. The van der Waals surface area contributed by atoms with Gasteiger partial charge in [-0.15, -0.1) is 0 Å². The molecule has 0 N–H and O–H groups in total. The lowest BCUT2D eigenvalue weighted by Gasteiger charge is -2.07. The highest BCUT2D eigenvalue weighted by atomic mass is 16.5. The Bertz CT molecular complexity index is 440. The molecule has 0 aromatic carbocycles. The zero-order valence-electron chi connectivity index (χ0n) is 20.3. The van der Waals surface area contributed by atoms with E-state index in [1.807, 2.05) is 27.7 Å². The van der Waals surface area contributed by atoms with Gasteiger partial charge in [0.25, 0.3) is 0 Å². The van der Waals surface area contributed by atoms with Crippen molar-refractivity contribution in [2.24, 2.45) is 0 Å². The number of carbonyl (C=O) groups excluding carboxylic acids is 2. The number of unbranched alkanes of at least 4 members (excludes halogenated alkanes) is 12. The Labute approximate surface area is 186 Å². The molecule has 0 aliphatic rings. The fourth-order valence-electron chi connectivity index (χ4n) is 3.36. The summed E-state index contributed by atoms with van der Waals surface area (Å²) in [5, 5.41) is 0. The molecule has 0 bridgehead atoms. The van der Waals surface area contributed by atoms with Crippen LogP contribution in [0.2, 0.25) is 0 Å². The van der Waals surface area contributed by atoms with Crippen molar-refractivity contribution in [1.29, 1.82) is 0 Å². The highest BCUT2D eigenvalue weighted by Gasteiger charge is 2.05. The van der Waals surface area contributed by atoms with Crippen molar-refractivity contribution < 1.29 is 19.1 Å². The quantitative estimate of drug-likeness (QED) is 0.114. The van der Waals surface area contributed by atoms with Crippen LogP contribution in [0.5, 0.6) is 0 Å². The van der Waals surface area contributed by atoms with Crippen molar-refractivity contribution in [3.63, 3.8) is 0 Å². The maximum Gasteiger partial charge on any atom is 0.306 e. The monoisotopic (exact) mass is 424 g/mol. The molecule has 0 aliphatic heterocycles. The fraction of sp³-hybridized carbons (Fsp3) is 0.846. The van der Waals surface area contributed by atoms with E-state index in [2.05, 4.69) is 12.2 Å². The molecule has 0 unspecified atom stereocenters. The van der Waals surface area contributed by atoms with Crippen molar-refractivity contribution >= 4 is 11.9 Å². The highest BCUT2D eigenvalue weighted by Crippen LogP contribution is 2.12. The van der Waals surface area contributed by atoms with E-state index < -0.39 is 0 Å². The van der Waals surface area contributed by atoms with Gasteiger partial charge in [-0.3, -0.25) is 9.59 Å². The summed E-state index contributed by atoms with van der Waals surface area (Å²) in [5.74, 6) is -0.119. The average Bonchev–Trinajstić information content (AvgIpc) is 2.65. The smallest absolute Gasteiger partial charge is 0.306 e. The predicted molar refractivity (Wildman–Crippen MR) is 125 cm³/mol. The van der Waals surface area contributed by atoms with Crippen molar-refractivity contribution in [3.8, 4) is 0 Å². The zero-order valence-corrected chi connectivity index (χ0v) is 20.3. The second kappa shape index (κ2) is 20.9. The van der Waals surface area contributed by atoms with Gasteiger partial charge < -0.3 is 9.47 Å². The van der Waals surface area contributed by atoms with Crippen molar-refractivity contribution in [3.05, 3.63) is 12.2 Å². The van der Waals surface area contributed by atoms with Gasteiger partial charge in [-0.25, -0.2) is 0 Å². The molecule has 0 aliphatic carbocycles. The summed E-state index contributed by atoms with van der Waals surface area (Å²) in [7, 11) is 0. The summed E-state index contributed by atoms with van der Waals surface area (Å²) < 4.78 is 10.3. The molecular weight excluding hydrogens is 376 g/mol. The number of ether oxygens (including phenoxy) is 2. The van der Waals surface area contributed by atoms with Crippen LogP contribution in [0.4, 0.5) is 0 Å². The summed E-state index contributed by atoms with van der Waals surface area (Å²) in [5.41, 5.74) is 0. The molecule has 4 heteroatoms. The standard InChI is InChI=1S/C26H48O4/c1-23(2)29-25(27)21-19-17-15-13-11-9-7-5-6-8-10-12-14-16-18-20-22-26(28)30-24(3)4/h9,11,23-24H,5-8,10,12-22H2,1-4H3/b11-9+. The van der Waals surface area contributed by atoms with E-state index in [1.54, 1.807) is 0 Å². The first-order chi connectivity index (χ1) is 14.4. The van der Waals surface area contributed by atoms with Gasteiger partial charge in [0.1, 0.15) is 0 Å². The van der Waals surface area contributed by atoms with E-state index in [4.69, 9.17) is 9.47 Å². The molecule has 0 spiro atoms. The van der Waals surface area contributed by atoms with Crippen LogP contribution < -0.4 is 0 Å². The molecule has 0 radical (unpaired) electrons. The summed E-state index contributed by atoms with van der Waals surface area (Å²) in [6, 6.07) is 0. The van der Waals surface area contributed by atoms with E-state index in [0.29, 0.717) is 12.8 Å². The van der Waals surface area contributed by atoms with E-state index in [9.17, 15) is 9.59 Å². The van der Waals surface area contributed by atoms with Crippen LogP contribution in [0.25, 0.3) is 0 Å². The Morgan fingerprint density at radius 3 is 1.20 bits per heavy atom. The molecule has 0 rings (SSSR count). The third kappa shape index (κ3) is 23.0. The molecule has 30 heavy (non-hydrogen) atoms. The maximum absolute atomic E-state index is 11.4. The first kappa shape index (κ1) is 28.7. The molecule has 0 fully saturated rings. The van der Waals surface area contributed by atoms with E-state index in [1.165, 1.54) is 51.4 Å². The van der Waals surface area contributed by atoms with Crippen LogP contribution in [0.3, 0.4) is 0 Å². The minimum absolute atomic E-state index is 0.00123. The van der Waals surface area contributed by atoms with Gasteiger partial charge in [-0.2, -0.15) is 0 Å². The van der Waals surface area contributed by atoms with Crippen LogP contribution in [0.1, 0.15) is 130 Å². The van der Waals surface area contributed by atoms with Gasteiger partial charge in [0.05, 0.1) is 12.2 Å². The number of hydrogen-bond donors (Lipinski definition) is 0. The van der Waals surface area contributed by atoms with E-state index in [0.717, 1.165) is 38.5 Å². The summed E-state index contributed by atoms with van der Waals surface area (Å²) in [6.45, 7) is 7.57. The van der Waals surface area contributed by atoms with Crippen LogP contribution in [-0.4, -0.2) is 24.1 Å². The van der Waals surface area contributed by atoms with Gasteiger partial charge in [-0.05, 0) is 66.2 Å². The molecular formula is C26H48O4. The minimum Gasteiger partial charge on any atom is -0.463 e. The van der Waals surface area contributed by atoms with Crippen molar-refractivity contribution in [1.82, 2.24) is 0 Å². The molecule has 176 valence electrons. The number of hydrogen-bond acceptors (Lipinski definition) is 4. The lowest BCUT2D eigenvalue weighted by atomic mass is 10.1. The van der Waals surface area contributed by atoms with Gasteiger partial charge in [0, 0.05) is 12.8 Å². The van der Waals surface area contributed by atoms with Crippen LogP contribution in [0, 0.1) is 0 Å². The van der Waals surface area contributed by atoms with E-state index in [-0.39, 0.29) is 24.1 Å². The predicted octanol–water partition coefficient (Wildman–Crippen LogP) is 7.69. The largest absolute Gasteiger partial charge is 0.463 e. The lowest BCUT2D eigenvalue weighted by Crippen LogP contribution is -2.10. The Morgan fingerprint density at radius 2 is 0.833 bits per heavy atom. The Hall–Kier alpha value is -1.32. The van der Waals surface area contributed by atoms with Crippen LogP contribution >= 0.6 is 0 Å². The molecule has 4 nitrogen and oxygen atoms in total. The Balaban J connectivity index is 3.23. The van der Waals surface area contributed by atoms with Crippen LogP contribution in [-0.2, 0) is 19.1 Å². The molecule has 0 saturated carbocycles. The molecule has 0 aromatic rings. The molecule has 0 atom stereocenters. The lowest BCUT2D eigenvalue weighted by molar-refractivity contribution is -0.148. The fourth-order valence-corrected chi connectivity index (χ4v) is 3.36. The Morgan fingerprint density at radius 1 is 0.533 bits per heavy atom. The van der Waals surface area contributed by atoms with Crippen molar-refractivity contribution in [2.75, 3.05) is 0 Å². The SMILES string of the molecule is CC(C)OC(=O)CCCCC/C=C/CCCCCCCCCCCC(=O)OC(C)C. The third-order valence-corrected chi connectivity index (χ3v) is 4.90. The van der Waals surface area contributed by atoms with E-state index >= 15 is 0 Å². The first-order valence-corrected chi connectivity index (χ1v) is 12.5. The average molecular weight is 425 g/mol. The summed E-state index contributed by atoms with van der Waals surface area (Å²) in [6.07, 6.45) is 22.4. The third-order valence-electron chi connectivity index (χ3n) is 4.90. The second-order valence-corrected chi connectivity index (χ2v) is 8.87. The second-order valence-electron chi connectivity index (χ2n) is 8.87. The van der Waals surface area contributed by atoms with Crippen LogP contribution in [0.15, 0.2) is 12.2 Å². The molecule has 0 aromatic heterocycles. The van der Waals surface area contributed by atoms with Gasteiger partial charge in [0.15, 0.2) is 0 Å². The maximum atomic E-state index is 11.4. The topological polar surface area (TPSA) is 52.6 Å². The normalized spacial score (nSPS) is 11.5. The Kier molecular flexibility index (Phi) is 20.0. The van der Waals surface area contributed by atoms with Gasteiger partial charge in [0.2, 0.25) is 0 Å². The molecule has 0 saturated heterocycles.